The standard InChI is InChI=1S/C14H18N6/c1-9(15)8-12-14(20-11(3)16-10(2)18-20)17-13-6-4-5-7-19(12)13/h4-7,9H,8,15H2,1-3H3. The minimum atomic E-state index is 0.0544. The van der Waals surface area contributed by atoms with Crippen molar-refractivity contribution in [2.75, 3.05) is 0 Å². The predicted octanol–water partition coefficient (Wildman–Crippen LogP) is 1.42. The zero-order chi connectivity index (χ0) is 14.3. The number of nitrogens with zero attached hydrogens (tertiary/aromatic N) is 5. The van der Waals surface area contributed by atoms with Crippen LogP contribution in [0.4, 0.5) is 0 Å². The molecule has 3 heterocycles. The zero-order valence-corrected chi connectivity index (χ0v) is 11.9. The minimum absolute atomic E-state index is 0.0544. The summed E-state index contributed by atoms with van der Waals surface area (Å²) >= 11 is 0. The second kappa shape index (κ2) is 4.72. The van der Waals surface area contributed by atoms with Crippen LogP contribution in [0.3, 0.4) is 0 Å². The second-order valence-electron chi connectivity index (χ2n) is 5.11. The molecule has 6 heteroatoms. The Labute approximate surface area is 117 Å². The van der Waals surface area contributed by atoms with E-state index in [9.17, 15) is 0 Å². The largest absolute Gasteiger partial charge is 0.328 e. The molecule has 0 aromatic carbocycles. The molecule has 0 aliphatic rings. The smallest absolute Gasteiger partial charge is 0.177 e. The molecule has 3 aromatic rings. The molecule has 0 spiro atoms. The molecular formula is C14H18N6. The van der Waals surface area contributed by atoms with Gasteiger partial charge < -0.3 is 10.1 Å². The van der Waals surface area contributed by atoms with Gasteiger partial charge in [-0.1, -0.05) is 6.07 Å². The minimum Gasteiger partial charge on any atom is -0.328 e. The maximum atomic E-state index is 5.98. The van der Waals surface area contributed by atoms with Gasteiger partial charge in [0.1, 0.15) is 17.3 Å². The normalized spacial score (nSPS) is 13.0. The first-order valence-corrected chi connectivity index (χ1v) is 6.68. The molecule has 0 saturated carbocycles. The van der Waals surface area contributed by atoms with E-state index in [-0.39, 0.29) is 6.04 Å². The Balaban J connectivity index is 2.26. The van der Waals surface area contributed by atoms with Gasteiger partial charge in [0.15, 0.2) is 5.82 Å². The Bertz CT molecular complexity index is 752. The quantitative estimate of drug-likeness (QED) is 0.781. The van der Waals surface area contributed by atoms with Gasteiger partial charge in [0.05, 0.1) is 5.69 Å². The highest BCUT2D eigenvalue weighted by Gasteiger charge is 2.17. The van der Waals surface area contributed by atoms with Gasteiger partial charge in [-0.2, -0.15) is 4.68 Å². The average molecular weight is 270 g/mol. The lowest BCUT2D eigenvalue weighted by molar-refractivity contribution is 0.700. The van der Waals surface area contributed by atoms with Crippen LogP contribution in [0.25, 0.3) is 11.5 Å². The number of aromatic nitrogens is 5. The van der Waals surface area contributed by atoms with Crippen molar-refractivity contribution in [1.82, 2.24) is 24.1 Å². The molecule has 6 nitrogen and oxygen atoms in total. The van der Waals surface area contributed by atoms with Gasteiger partial charge in [-0.25, -0.2) is 9.97 Å². The molecule has 0 bridgehead atoms. The topological polar surface area (TPSA) is 74.0 Å². The number of aryl methyl sites for hydroxylation is 2. The molecular weight excluding hydrogens is 252 g/mol. The van der Waals surface area contributed by atoms with Gasteiger partial charge in [0.2, 0.25) is 0 Å². The lowest BCUT2D eigenvalue weighted by atomic mass is 10.2. The van der Waals surface area contributed by atoms with Crippen LogP contribution in [0, 0.1) is 13.8 Å². The molecule has 0 aliphatic carbocycles. The first-order valence-electron chi connectivity index (χ1n) is 6.68. The fourth-order valence-corrected chi connectivity index (χ4v) is 2.42. The van der Waals surface area contributed by atoms with Crippen molar-refractivity contribution in [3.05, 3.63) is 41.7 Å². The summed E-state index contributed by atoms with van der Waals surface area (Å²) in [4.78, 5) is 9.03. The summed E-state index contributed by atoms with van der Waals surface area (Å²) in [5, 5.41) is 4.43. The number of fused-ring (bicyclic) bond motifs is 1. The Hall–Kier alpha value is -2.21. The van der Waals surface area contributed by atoms with Gasteiger partial charge in [-0.3, -0.25) is 0 Å². The van der Waals surface area contributed by atoms with E-state index in [1.165, 1.54) is 0 Å². The van der Waals surface area contributed by atoms with Gasteiger partial charge in [0, 0.05) is 18.7 Å². The van der Waals surface area contributed by atoms with E-state index in [0.29, 0.717) is 0 Å². The monoisotopic (exact) mass is 270 g/mol. The molecule has 0 aliphatic heterocycles. The van der Waals surface area contributed by atoms with E-state index in [4.69, 9.17) is 5.73 Å². The molecule has 1 atom stereocenters. The summed E-state index contributed by atoms with van der Waals surface area (Å²) in [6.07, 6.45) is 2.74. The van der Waals surface area contributed by atoms with Crippen molar-refractivity contribution in [1.29, 1.82) is 0 Å². The van der Waals surface area contributed by atoms with Crippen molar-refractivity contribution in [2.24, 2.45) is 5.73 Å². The Morgan fingerprint density at radius 1 is 1.25 bits per heavy atom. The van der Waals surface area contributed by atoms with Crippen LogP contribution in [-0.2, 0) is 6.42 Å². The fraction of sp³-hybridized carbons (Fsp3) is 0.357. The Kier molecular flexibility index (Phi) is 3.02. The third-order valence-electron chi connectivity index (χ3n) is 3.20. The van der Waals surface area contributed by atoms with Crippen LogP contribution >= 0.6 is 0 Å². The third kappa shape index (κ3) is 2.08. The first kappa shape index (κ1) is 12.8. The fourth-order valence-electron chi connectivity index (χ4n) is 2.42. The summed E-state index contributed by atoms with van der Waals surface area (Å²) in [5.74, 6) is 2.38. The zero-order valence-electron chi connectivity index (χ0n) is 11.9. The molecule has 20 heavy (non-hydrogen) atoms. The van der Waals surface area contributed by atoms with Crippen LogP contribution in [0.5, 0.6) is 0 Å². The van der Waals surface area contributed by atoms with E-state index >= 15 is 0 Å². The maximum Gasteiger partial charge on any atom is 0.177 e. The molecule has 0 saturated heterocycles. The number of pyridine rings is 1. The summed E-state index contributed by atoms with van der Waals surface area (Å²) in [5.41, 5.74) is 7.93. The molecule has 0 radical (unpaired) electrons. The molecule has 3 rings (SSSR count). The van der Waals surface area contributed by atoms with Crippen LogP contribution in [-0.4, -0.2) is 30.2 Å². The van der Waals surface area contributed by atoms with E-state index in [2.05, 4.69) is 19.5 Å². The van der Waals surface area contributed by atoms with E-state index in [1.807, 2.05) is 45.2 Å². The number of rotatable bonds is 3. The van der Waals surface area contributed by atoms with Gasteiger partial charge in [-0.15, -0.1) is 5.10 Å². The highest BCUT2D eigenvalue weighted by Crippen LogP contribution is 2.19. The predicted molar refractivity (Wildman–Crippen MR) is 76.9 cm³/mol. The third-order valence-corrected chi connectivity index (χ3v) is 3.20. The second-order valence-corrected chi connectivity index (χ2v) is 5.11. The van der Waals surface area contributed by atoms with Crippen LogP contribution in [0.2, 0.25) is 0 Å². The van der Waals surface area contributed by atoms with Gasteiger partial charge in [-0.05, 0) is 32.9 Å². The van der Waals surface area contributed by atoms with Crippen LogP contribution < -0.4 is 5.73 Å². The first-order chi connectivity index (χ1) is 9.56. The Morgan fingerprint density at radius 2 is 2.05 bits per heavy atom. The lowest BCUT2D eigenvalue weighted by Gasteiger charge is -2.08. The number of imidazole rings is 1. The number of nitrogens with two attached hydrogens (primary N) is 1. The molecule has 3 aromatic heterocycles. The van der Waals surface area contributed by atoms with Crippen molar-refractivity contribution in [2.45, 2.75) is 33.2 Å². The molecule has 2 N–H and O–H groups in total. The summed E-state index contributed by atoms with van der Waals surface area (Å²) in [6, 6.07) is 6.00. The van der Waals surface area contributed by atoms with E-state index in [0.717, 1.165) is 35.2 Å². The highest BCUT2D eigenvalue weighted by atomic mass is 15.4. The SMILES string of the molecule is Cc1nc(C)n(-c2nc3ccccn3c2CC(C)N)n1. The van der Waals surface area contributed by atoms with E-state index in [1.54, 1.807) is 4.68 Å². The Morgan fingerprint density at radius 3 is 2.70 bits per heavy atom. The summed E-state index contributed by atoms with van der Waals surface area (Å²) in [7, 11) is 0. The molecule has 1 unspecified atom stereocenters. The van der Waals surface area contributed by atoms with Gasteiger partial charge >= 0.3 is 0 Å². The van der Waals surface area contributed by atoms with Crippen LogP contribution in [0.1, 0.15) is 24.3 Å². The number of hydrogen-bond donors (Lipinski definition) is 1. The van der Waals surface area contributed by atoms with E-state index < -0.39 is 0 Å². The molecule has 0 fully saturated rings. The van der Waals surface area contributed by atoms with Crippen molar-refractivity contribution in [3.8, 4) is 5.82 Å². The summed E-state index contributed by atoms with van der Waals surface area (Å²) in [6.45, 7) is 5.80. The van der Waals surface area contributed by atoms with Crippen molar-refractivity contribution in [3.63, 3.8) is 0 Å². The van der Waals surface area contributed by atoms with Gasteiger partial charge in [0.25, 0.3) is 0 Å². The average Bonchev–Trinajstić information content (AvgIpc) is 2.90. The molecule has 104 valence electrons. The molecule has 0 amide bonds. The number of hydrogen-bond acceptors (Lipinski definition) is 4. The lowest BCUT2D eigenvalue weighted by Crippen LogP contribution is -2.20. The maximum absolute atomic E-state index is 5.98. The van der Waals surface area contributed by atoms with Crippen molar-refractivity contribution < 1.29 is 0 Å². The van der Waals surface area contributed by atoms with Crippen molar-refractivity contribution >= 4 is 5.65 Å². The van der Waals surface area contributed by atoms with Crippen LogP contribution in [0.15, 0.2) is 24.4 Å². The summed E-state index contributed by atoms with van der Waals surface area (Å²) < 4.78 is 3.86. The highest BCUT2D eigenvalue weighted by molar-refractivity contribution is 5.49.